The second-order valence-corrected chi connectivity index (χ2v) is 6.03. The van der Waals surface area contributed by atoms with Crippen LogP contribution in [0.3, 0.4) is 0 Å². The fraction of sp³-hybridized carbons (Fsp3) is 0.588. The number of anilines is 1. The van der Waals surface area contributed by atoms with Gasteiger partial charge in [-0.3, -0.25) is 4.79 Å². The Balaban J connectivity index is 1.95. The fourth-order valence-corrected chi connectivity index (χ4v) is 3.02. The average Bonchev–Trinajstić information content (AvgIpc) is 2.48. The van der Waals surface area contributed by atoms with Crippen molar-refractivity contribution >= 4 is 11.6 Å². The molecule has 1 saturated heterocycles. The number of piperidine rings is 1. The molecule has 1 aromatic rings. The van der Waals surface area contributed by atoms with E-state index in [1.54, 1.807) is 0 Å². The molecular weight excluding hydrogens is 248 g/mol. The molecule has 1 aromatic carbocycles. The van der Waals surface area contributed by atoms with Gasteiger partial charge in [-0.2, -0.15) is 0 Å². The molecule has 0 aliphatic carbocycles. The molecule has 1 N–H and O–H groups in total. The van der Waals surface area contributed by atoms with Gasteiger partial charge in [-0.1, -0.05) is 25.1 Å². The molecule has 1 aliphatic heterocycles. The Hall–Kier alpha value is -1.35. The van der Waals surface area contributed by atoms with Gasteiger partial charge < -0.3 is 10.2 Å². The normalized spacial score (nSPS) is 20.4. The lowest BCUT2D eigenvalue weighted by atomic mass is 9.85. The molecule has 1 fully saturated rings. The Kier molecular flexibility index (Phi) is 5.18. The van der Waals surface area contributed by atoms with E-state index < -0.39 is 0 Å². The molecule has 2 unspecified atom stereocenters. The smallest absolute Gasteiger partial charge is 0.227 e. The molecule has 0 spiro atoms. The Morgan fingerprint density at radius 3 is 2.85 bits per heavy atom. The highest BCUT2D eigenvalue weighted by molar-refractivity contribution is 5.93. The van der Waals surface area contributed by atoms with E-state index in [2.05, 4.69) is 12.2 Å². The van der Waals surface area contributed by atoms with E-state index in [1.165, 1.54) is 12.8 Å². The number of carbonyl (C=O) groups excluding carboxylic acids is 1. The van der Waals surface area contributed by atoms with Gasteiger partial charge in [0.1, 0.15) is 0 Å². The zero-order chi connectivity index (χ0) is 14.5. The molecule has 3 heteroatoms. The number of hydrogen-bond donors (Lipinski definition) is 1. The van der Waals surface area contributed by atoms with Crippen LogP contribution in [0.4, 0.5) is 5.69 Å². The first-order chi connectivity index (χ1) is 9.59. The summed E-state index contributed by atoms with van der Waals surface area (Å²) in [5.74, 6) is 1.30. The molecule has 0 radical (unpaired) electrons. The molecule has 2 rings (SSSR count). The summed E-state index contributed by atoms with van der Waals surface area (Å²) in [4.78, 5) is 14.3. The Morgan fingerprint density at radius 1 is 1.45 bits per heavy atom. The number of nitrogens with zero attached hydrogens (tertiary/aromatic N) is 1. The first-order valence-corrected chi connectivity index (χ1v) is 7.62. The number of amides is 1. The molecular formula is C17H26N2O. The van der Waals surface area contributed by atoms with Crippen molar-refractivity contribution in [3.63, 3.8) is 0 Å². The van der Waals surface area contributed by atoms with Crippen LogP contribution in [-0.2, 0) is 4.79 Å². The lowest BCUT2D eigenvalue weighted by molar-refractivity contribution is -0.119. The van der Waals surface area contributed by atoms with Gasteiger partial charge in [-0.25, -0.2) is 0 Å². The third-order valence-corrected chi connectivity index (χ3v) is 4.49. The highest BCUT2D eigenvalue weighted by Crippen LogP contribution is 2.25. The Morgan fingerprint density at radius 2 is 2.20 bits per heavy atom. The van der Waals surface area contributed by atoms with Crippen LogP contribution in [-0.4, -0.2) is 26.0 Å². The molecule has 3 nitrogen and oxygen atoms in total. The van der Waals surface area contributed by atoms with Crippen LogP contribution in [0.1, 0.15) is 31.7 Å². The summed E-state index contributed by atoms with van der Waals surface area (Å²) in [5.41, 5.74) is 2.17. The van der Waals surface area contributed by atoms with Crippen molar-refractivity contribution in [1.82, 2.24) is 5.32 Å². The SMILES string of the molecule is Cc1ccccc1N(C)C(=O)CC(C)C1CCCNC1. The number of nitrogens with one attached hydrogen (secondary N) is 1. The molecule has 0 bridgehead atoms. The molecule has 1 heterocycles. The highest BCUT2D eigenvalue weighted by Gasteiger charge is 2.23. The van der Waals surface area contributed by atoms with Crippen LogP contribution in [0.5, 0.6) is 0 Å². The van der Waals surface area contributed by atoms with Crippen molar-refractivity contribution in [3.8, 4) is 0 Å². The standard InChI is InChI=1S/C17H26N2O/c1-13-7-4-5-9-16(13)19(3)17(20)11-14(2)15-8-6-10-18-12-15/h4-5,7,9,14-15,18H,6,8,10-12H2,1-3H3. The minimum Gasteiger partial charge on any atom is -0.316 e. The number of para-hydroxylation sites is 1. The molecule has 0 saturated carbocycles. The summed E-state index contributed by atoms with van der Waals surface area (Å²) in [6.45, 7) is 6.44. The number of hydrogen-bond acceptors (Lipinski definition) is 2. The maximum absolute atomic E-state index is 12.5. The van der Waals surface area contributed by atoms with Gasteiger partial charge in [0, 0.05) is 19.2 Å². The summed E-state index contributed by atoms with van der Waals surface area (Å²) in [6, 6.07) is 8.06. The van der Waals surface area contributed by atoms with Crippen LogP contribution in [0.15, 0.2) is 24.3 Å². The molecule has 1 aliphatic rings. The average molecular weight is 274 g/mol. The van der Waals surface area contributed by atoms with E-state index in [1.807, 2.05) is 43.1 Å². The van der Waals surface area contributed by atoms with Gasteiger partial charge in [0.2, 0.25) is 5.91 Å². The number of carbonyl (C=O) groups is 1. The van der Waals surface area contributed by atoms with Crippen LogP contribution < -0.4 is 10.2 Å². The van der Waals surface area contributed by atoms with E-state index >= 15 is 0 Å². The van der Waals surface area contributed by atoms with Crippen molar-refractivity contribution < 1.29 is 4.79 Å². The van der Waals surface area contributed by atoms with E-state index in [-0.39, 0.29) is 5.91 Å². The zero-order valence-corrected chi connectivity index (χ0v) is 12.9. The summed E-state index contributed by atoms with van der Waals surface area (Å²) >= 11 is 0. The van der Waals surface area contributed by atoms with Crippen LogP contribution in [0.25, 0.3) is 0 Å². The topological polar surface area (TPSA) is 32.3 Å². The highest BCUT2D eigenvalue weighted by atomic mass is 16.2. The maximum Gasteiger partial charge on any atom is 0.227 e. The maximum atomic E-state index is 12.5. The predicted octanol–water partition coefficient (Wildman–Crippen LogP) is 2.98. The Labute approximate surface area is 122 Å². The van der Waals surface area contributed by atoms with Crippen LogP contribution >= 0.6 is 0 Å². The lowest BCUT2D eigenvalue weighted by Gasteiger charge is -2.29. The quantitative estimate of drug-likeness (QED) is 0.915. The van der Waals surface area contributed by atoms with E-state index in [4.69, 9.17) is 0 Å². The third kappa shape index (κ3) is 3.60. The summed E-state index contributed by atoms with van der Waals surface area (Å²) in [6.07, 6.45) is 3.11. The van der Waals surface area contributed by atoms with Crippen LogP contribution in [0.2, 0.25) is 0 Å². The molecule has 20 heavy (non-hydrogen) atoms. The lowest BCUT2D eigenvalue weighted by Crippen LogP contribution is -2.36. The number of aryl methyl sites for hydroxylation is 1. The first-order valence-electron chi connectivity index (χ1n) is 7.62. The summed E-state index contributed by atoms with van der Waals surface area (Å²) < 4.78 is 0. The second-order valence-electron chi connectivity index (χ2n) is 6.03. The second kappa shape index (κ2) is 6.89. The number of rotatable bonds is 4. The minimum atomic E-state index is 0.220. The summed E-state index contributed by atoms with van der Waals surface area (Å²) in [7, 11) is 1.89. The van der Waals surface area contributed by atoms with E-state index in [0.717, 1.165) is 24.3 Å². The van der Waals surface area contributed by atoms with Crippen molar-refractivity contribution in [2.24, 2.45) is 11.8 Å². The third-order valence-electron chi connectivity index (χ3n) is 4.49. The largest absolute Gasteiger partial charge is 0.316 e. The zero-order valence-electron chi connectivity index (χ0n) is 12.9. The molecule has 0 aromatic heterocycles. The molecule has 2 atom stereocenters. The first kappa shape index (κ1) is 15.0. The summed E-state index contributed by atoms with van der Waals surface area (Å²) in [5, 5.41) is 3.43. The van der Waals surface area contributed by atoms with Crippen molar-refractivity contribution in [3.05, 3.63) is 29.8 Å². The van der Waals surface area contributed by atoms with E-state index in [9.17, 15) is 4.79 Å². The van der Waals surface area contributed by atoms with Gasteiger partial charge in [-0.05, 0) is 56.3 Å². The molecule has 1 amide bonds. The number of benzene rings is 1. The van der Waals surface area contributed by atoms with Gasteiger partial charge in [0.25, 0.3) is 0 Å². The van der Waals surface area contributed by atoms with Gasteiger partial charge in [0.15, 0.2) is 0 Å². The van der Waals surface area contributed by atoms with Crippen LogP contribution in [0, 0.1) is 18.8 Å². The van der Waals surface area contributed by atoms with Crippen molar-refractivity contribution in [1.29, 1.82) is 0 Å². The monoisotopic (exact) mass is 274 g/mol. The molecule has 110 valence electrons. The predicted molar refractivity (Wildman–Crippen MR) is 84.0 cm³/mol. The van der Waals surface area contributed by atoms with Gasteiger partial charge in [-0.15, -0.1) is 0 Å². The fourth-order valence-electron chi connectivity index (χ4n) is 3.02. The Bertz CT molecular complexity index is 452. The van der Waals surface area contributed by atoms with Crippen molar-refractivity contribution in [2.45, 2.75) is 33.1 Å². The van der Waals surface area contributed by atoms with Gasteiger partial charge in [0.05, 0.1) is 0 Å². The van der Waals surface area contributed by atoms with E-state index in [0.29, 0.717) is 18.3 Å². The van der Waals surface area contributed by atoms with Crippen molar-refractivity contribution in [2.75, 3.05) is 25.0 Å². The van der Waals surface area contributed by atoms with Gasteiger partial charge >= 0.3 is 0 Å². The minimum absolute atomic E-state index is 0.220.